The highest BCUT2D eigenvalue weighted by Gasteiger charge is 2.36. The summed E-state index contributed by atoms with van der Waals surface area (Å²) in [6.45, 7) is -1.56. The number of aromatic nitrogens is 2. The van der Waals surface area contributed by atoms with Crippen molar-refractivity contribution in [1.29, 1.82) is 0 Å². The van der Waals surface area contributed by atoms with E-state index in [2.05, 4.69) is 5.10 Å². The van der Waals surface area contributed by atoms with Crippen molar-refractivity contribution in [3.63, 3.8) is 0 Å². The van der Waals surface area contributed by atoms with Crippen molar-refractivity contribution >= 4 is 11.5 Å². The molecule has 1 rings (SSSR count). The number of nitrogens with zero attached hydrogens (tertiary/aromatic N) is 2. The van der Waals surface area contributed by atoms with E-state index in [1.165, 1.54) is 0 Å². The molecule has 0 amide bonds. The Labute approximate surface area is 101 Å². The second-order valence-electron chi connectivity index (χ2n) is 3.44. The van der Waals surface area contributed by atoms with E-state index in [9.17, 15) is 31.1 Å². The number of aliphatic carboxylic acids is 1. The number of allylic oxidation sites excluding steroid dienone is 1. The molecular formula is C9H6F6N2O2. The fourth-order valence-electron chi connectivity index (χ4n) is 1.23. The number of halogens is 6. The predicted octanol–water partition coefficient (Wildman–Crippen LogP) is 2.48. The average Bonchev–Trinajstić information content (AvgIpc) is 2.57. The van der Waals surface area contributed by atoms with Gasteiger partial charge in [-0.1, -0.05) is 0 Å². The van der Waals surface area contributed by atoms with Gasteiger partial charge in [-0.15, -0.1) is 0 Å². The Balaban J connectivity index is 3.10. The van der Waals surface area contributed by atoms with Crippen LogP contribution in [-0.4, -0.2) is 33.2 Å². The first kappa shape index (κ1) is 15.1. The summed E-state index contributed by atoms with van der Waals surface area (Å²) < 4.78 is 73.8. The Kier molecular flexibility index (Phi) is 3.91. The van der Waals surface area contributed by atoms with Gasteiger partial charge < -0.3 is 5.11 Å². The molecule has 0 aromatic carbocycles. The Bertz CT molecular complexity index is 500. The molecule has 1 heterocycles. The van der Waals surface area contributed by atoms with E-state index in [4.69, 9.17) is 5.11 Å². The number of carboxylic acids is 1. The van der Waals surface area contributed by atoms with Crippen LogP contribution in [0.4, 0.5) is 26.3 Å². The second kappa shape index (κ2) is 4.94. The van der Waals surface area contributed by atoms with Crippen molar-refractivity contribution in [2.45, 2.75) is 18.9 Å². The van der Waals surface area contributed by atoms with Gasteiger partial charge in [-0.25, -0.2) is 4.79 Å². The third-order valence-electron chi connectivity index (χ3n) is 1.86. The van der Waals surface area contributed by atoms with E-state index < -0.39 is 36.0 Å². The molecule has 106 valence electrons. The number of carboxylic acid groups (broad SMARTS) is 1. The summed E-state index contributed by atoms with van der Waals surface area (Å²) in [5.74, 6) is -1.86. The van der Waals surface area contributed by atoms with Crippen molar-refractivity contribution in [1.82, 2.24) is 9.78 Å². The minimum atomic E-state index is -5.01. The monoisotopic (exact) mass is 288 g/mol. The van der Waals surface area contributed by atoms with E-state index in [1.807, 2.05) is 0 Å². The lowest BCUT2D eigenvalue weighted by molar-refractivity contribution is -0.142. The zero-order chi connectivity index (χ0) is 14.8. The van der Waals surface area contributed by atoms with Gasteiger partial charge in [-0.2, -0.15) is 31.4 Å². The lowest BCUT2D eigenvalue weighted by Gasteiger charge is -2.09. The van der Waals surface area contributed by atoms with E-state index >= 15 is 0 Å². The molecule has 0 aliphatic heterocycles. The van der Waals surface area contributed by atoms with Gasteiger partial charge in [-0.3, -0.25) is 4.68 Å². The molecule has 1 N–H and O–H groups in total. The highest BCUT2D eigenvalue weighted by molar-refractivity contribution is 5.91. The Morgan fingerprint density at radius 3 is 2.32 bits per heavy atom. The molecule has 0 fully saturated rings. The van der Waals surface area contributed by atoms with Gasteiger partial charge in [0.1, 0.15) is 6.54 Å². The maximum atomic E-state index is 12.5. The van der Waals surface area contributed by atoms with Crippen LogP contribution < -0.4 is 0 Å². The second-order valence-corrected chi connectivity index (χ2v) is 3.44. The van der Waals surface area contributed by atoms with Crippen LogP contribution >= 0.6 is 0 Å². The third-order valence-corrected chi connectivity index (χ3v) is 1.86. The fraction of sp³-hybridized carbons (Fsp3) is 0.333. The molecule has 0 atom stereocenters. The van der Waals surface area contributed by atoms with Gasteiger partial charge >= 0.3 is 18.3 Å². The molecule has 0 saturated carbocycles. The topological polar surface area (TPSA) is 55.1 Å². The first-order valence-electron chi connectivity index (χ1n) is 4.60. The van der Waals surface area contributed by atoms with Crippen molar-refractivity contribution < 1.29 is 36.2 Å². The average molecular weight is 288 g/mol. The van der Waals surface area contributed by atoms with Crippen molar-refractivity contribution in [2.75, 3.05) is 0 Å². The van der Waals surface area contributed by atoms with Crippen molar-refractivity contribution in [3.8, 4) is 0 Å². The van der Waals surface area contributed by atoms with E-state index in [-0.39, 0.29) is 10.8 Å². The third kappa shape index (κ3) is 4.64. The summed E-state index contributed by atoms with van der Waals surface area (Å²) in [5.41, 5.74) is -2.33. The molecule has 4 nitrogen and oxygen atoms in total. The van der Waals surface area contributed by atoms with Gasteiger partial charge in [0.2, 0.25) is 0 Å². The van der Waals surface area contributed by atoms with Crippen LogP contribution in [0.3, 0.4) is 0 Å². The number of hydrogen-bond donors (Lipinski definition) is 1. The SMILES string of the molecule is O=C(O)C=C(c1cnn(CC(F)(F)F)c1)C(F)(F)F. The Morgan fingerprint density at radius 2 is 1.89 bits per heavy atom. The van der Waals surface area contributed by atoms with E-state index in [1.54, 1.807) is 0 Å². The minimum absolute atomic E-state index is 0.130. The first-order chi connectivity index (χ1) is 8.49. The Hall–Kier alpha value is -2.00. The highest BCUT2D eigenvalue weighted by atomic mass is 19.4. The van der Waals surface area contributed by atoms with Gasteiger partial charge in [-0.05, 0) is 0 Å². The molecule has 0 saturated heterocycles. The quantitative estimate of drug-likeness (QED) is 0.686. The normalized spacial score (nSPS) is 13.7. The van der Waals surface area contributed by atoms with Gasteiger partial charge in [0.15, 0.2) is 0 Å². The zero-order valence-corrected chi connectivity index (χ0v) is 8.96. The van der Waals surface area contributed by atoms with Crippen LogP contribution in [-0.2, 0) is 11.3 Å². The molecular weight excluding hydrogens is 282 g/mol. The van der Waals surface area contributed by atoms with Gasteiger partial charge in [0, 0.05) is 17.8 Å². The van der Waals surface area contributed by atoms with E-state index in [0.29, 0.717) is 12.4 Å². The molecule has 19 heavy (non-hydrogen) atoms. The number of rotatable bonds is 3. The molecule has 0 aliphatic rings. The van der Waals surface area contributed by atoms with Gasteiger partial charge in [0.25, 0.3) is 0 Å². The summed E-state index contributed by atoms with van der Waals surface area (Å²) in [6, 6.07) is 0. The summed E-state index contributed by atoms with van der Waals surface area (Å²) >= 11 is 0. The molecule has 1 aromatic rings. The number of carbonyl (C=O) groups is 1. The molecule has 10 heteroatoms. The predicted molar refractivity (Wildman–Crippen MR) is 49.9 cm³/mol. The fourth-order valence-corrected chi connectivity index (χ4v) is 1.23. The maximum Gasteiger partial charge on any atom is 0.417 e. The summed E-state index contributed by atoms with van der Waals surface area (Å²) in [7, 11) is 0. The van der Waals surface area contributed by atoms with Gasteiger partial charge in [0.05, 0.1) is 11.8 Å². The van der Waals surface area contributed by atoms with Crippen molar-refractivity contribution in [2.24, 2.45) is 0 Å². The lowest BCUT2D eigenvalue weighted by atomic mass is 10.1. The highest BCUT2D eigenvalue weighted by Crippen LogP contribution is 2.33. The van der Waals surface area contributed by atoms with E-state index in [0.717, 1.165) is 0 Å². The summed E-state index contributed by atoms with van der Waals surface area (Å²) in [4.78, 5) is 10.3. The van der Waals surface area contributed by atoms with Crippen LogP contribution in [0.25, 0.3) is 5.57 Å². The summed E-state index contributed by atoms with van der Waals surface area (Å²) in [6.07, 6.45) is -8.78. The largest absolute Gasteiger partial charge is 0.478 e. The van der Waals surface area contributed by atoms with Crippen LogP contribution in [0.2, 0.25) is 0 Å². The molecule has 0 spiro atoms. The first-order valence-corrected chi connectivity index (χ1v) is 4.60. The van der Waals surface area contributed by atoms with Crippen LogP contribution in [0, 0.1) is 0 Å². The van der Waals surface area contributed by atoms with Crippen LogP contribution in [0.15, 0.2) is 18.5 Å². The van der Waals surface area contributed by atoms with Crippen LogP contribution in [0.5, 0.6) is 0 Å². The molecule has 0 bridgehead atoms. The smallest absolute Gasteiger partial charge is 0.417 e. The maximum absolute atomic E-state index is 12.5. The standard InChI is InChI=1S/C9H6F6N2O2/c10-8(11,12)4-17-3-5(2-16-17)6(1-7(18)19)9(13,14)15/h1-3H,4H2,(H,18,19). The molecule has 0 aliphatic carbocycles. The molecule has 0 radical (unpaired) electrons. The van der Waals surface area contributed by atoms with Crippen molar-refractivity contribution in [3.05, 3.63) is 24.0 Å². The number of hydrogen-bond acceptors (Lipinski definition) is 2. The molecule has 1 aromatic heterocycles. The lowest BCUT2D eigenvalue weighted by Crippen LogP contribution is -2.18. The Morgan fingerprint density at radius 1 is 1.32 bits per heavy atom. The molecule has 0 unspecified atom stereocenters. The van der Waals surface area contributed by atoms with Crippen LogP contribution in [0.1, 0.15) is 5.56 Å². The minimum Gasteiger partial charge on any atom is -0.478 e. The number of alkyl halides is 6. The zero-order valence-electron chi connectivity index (χ0n) is 8.96. The summed E-state index contributed by atoms with van der Waals surface area (Å²) in [5, 5.41) is 11.4.